The van der Waals surface area contributed by atoms with Crippen molar-refractivity contribution in [3.05, 3.63) is 88.9 Å². The molecule has 2 N–H and O–H groups in total. The van der Waals surface area contributed by atoms with E-state index in [1.54, 1.807) is 48.5 Å². The minimum atomic E-state index is -0.310. The van der Waals surface area contributed by atoms with Gasteiger partial charge >= 0.3 is 0 Å². The lowest BCUT2D eigenvalue weighted by Gasteiger charge is -2.19. The molecule has 3 rings (SSSR count). The summed E-state index contributed by atoms with van der Waals surface area (Å²) in [4.78, 5) is 24.6. The van der Waals surface area contributed by atoms with Crippen LogP contribution in [0.15, 0.2) is 72.8 Å². The quantitative estimate of drug-likeness (QED) is 0.505. The fourth-order valence-corrected chi connectivity index (χ4v) is 3.05. The first-order valence-corrected chi connectivity index (χ1v) is 10.3. The van der Waals surface area contributed by atoms with Gasteiger partial charge < -0.3 is 15.4 Å². The lowest BCUT2D eigenvalue weighted by molar-refractivity contribution is -0.118. The predicted octanol–water partition coefficient (Wildman–Crippen LogP) is 5.91. The maximum atomic E-state index is 12.5. The molecule has 0 spiro atoms. The second kappa shape index (κ2) is 9.67. The molecule has 0 aliphatic carbocycles. The molecule has 0 aromatic heterocycles. The highest BCUT2D eigenvalue weighted by molar-refractivity contribution is 6.32. The van der Waals surface area contributed by atoms with Crippen molar-refractivity contribution in [1.82, 2.24) is 0 Å². The van der Waals surface area contributed by atoms with Crippen LogP contribution in [0.5, 0.6) is 5.75 Å². The molecule has 0 aliphatic rings. The van der Waals surface area contributed by atoms with E-state index in [0.717, 1.165) is 0 Å². The summed E-state index contributed by atoms with van der Waals surface area (Å²) in [6.07, 6.45) is 0. The largest absolute Gasteiger partial charge is 0.482 e. The van der Waals surface area contributed by atoms with Crippen molar-refractivity contribution < 1.29 is 14.3 Å². The first kappa shape index (κ1) is 22.4. The summed E-state index contributed by atoms with van der Waals surface area (Å²) >= 11 is 6.01. The molecule has 3 aromatic rings. The van der Waals surface area contributed by atoms with Crippen LogP contribution in [0.2, 0.25) is 5.02 Å². The van der Waals surface area contributed by atoms with Gasteiger partial charge in [0.15, 0.2) is 6.61 Å². The highest BCUT2D eigenvalue weighted by atomic mass is 35.5. The molecule has 2 amide bonds. The van der Waals surface area contributed by atoms with E-state index in [9.17, 15) is 9.59 Å². The van der Waals surface area contributed by atoms with Crippen LogP contribution in [0.25, 0.3) is 0 Å². The normalized spacial score (nSPS) is 11.0. The third-order valence-corrected chi connectivity index (χ3v) is 4.95. The van der Waals surface area contributed by atoms with Crippen LogP contribution in [0, 0.1) is 0 Å². The van der Waals surface area contributed by atoms with Crippen molar-refractivity contribution >= 4 is 34.8 Å². The van der Waals surface area contributed by atoms with Crippen LogP contribution in [-0.4, -0.2) is 18.4 Å². The van der Waals surface area contributed by atoms with Gasteiger partial charge in [0.2, 0.25) is 0 Å². The first-order chi connectivity index (χ1) is 14.7. The molecule has 0 fully saturated rings. The predicted molar refractivity (Wildman–Crippen MR) is 125 cm³/mol. The maximum Gasteiger partial charge on any atom is 0.262 e. The molecule has 160 valence electrons. The highest BCUT2D eigenvalue weighted by Crippen LogP contribution is 2.24. The summed E-state index contributed by atoms with van der Waals surface area (Å²) in [6, 6.07) is 21.4. The van der Waals surface area contributed by atoms with Crippen LogP contribution in [0.4, 0.5) is 11.4 Å². The van der Waals surface area contributed by atoms with Crippen LogP contribution in [0.3, 0.4) is 0 Å². The molecule has 3 aromatic carbocycles. The van der Waals surface area contributed by atoms with Crippen LogP contribution in [-0.2, 0) is 10.2 Å². The SMILES string of the molecule is CC(C)(C)c1ccc(C(=O)Nc2ccc(NC(=O)COc3ccccc3Cl)cc2)cc1. The second-order valence-electron chi connectivity index (χ2n) is 8.13. The summed E-state index contributed by atoms with van der Waals surface area (Å²) < 4.78 is 5.42. The topological polar surface area (TPSA) is 67.4 Å². The summed E-state index contributed by atoms with van der Waals surface area (Å²) in [6.45, 7) is 6.23. The molecule has 6 heteroatoms. The third kappa shape index (κ3) is 6.33. The number of carbonyl (C=O) groups is 2. The van der Waals surface area contributed by atoms with Crippen molar-refractivity contribution in [3.63, 3.8) is 0 Å². The summed E-state index contributed by atoms with van der Waals surface area (Å²) in [7, 11) is 0. The molecule has 0 bridgehead atoms. The molecule has 0 heterocycles. The zero-order chi connectivity index (χ0) is 22.4. The minimum Gasteiger partial charge on any atom is -0.482 e. The Bertz CT molecular complexity index is 1060. The van der Waals surface area contributed by atoms with Crippen LogP contribution >= 0.6 is 11.6 Å². The fourth-order valence-electron chi connectivity index (χ4n) is 2.86. The van der Waals surface area contributed by atoms with E-state index in [1.165, 1.54) is 5.56 Å². The van der Waals surface area contributed by atoms with Gasteiger partial charge in [-0.25, -0.2) is 0 Å². The number of rotatable bonds is 6. The van der Waals surface area contributed by atoms with Gasteiger partial charge in [0, 0.05) is 16.9 Å². The van der Waals surface area contributed by atoms with E-state index in [2.05, 4.69) is 31.4 Å². The Kier molecular flexibility index (Phi) is 6.98. The smallest absolute Gasteiger partial charge is 0.262 e. The molecule has 0 saturated heterocycles. The van der Waals surface area contributed by atoms with Gasteiger partial charge in [-0.1, -0.05) is 56.6 Å². The van der Waals surface area contributed by atoms with Crippen LogP contribution < -0.4 is 15.4 Å². The zero-order valence-electron chi connectivity index (χ0n) is 17.7. The van der Waals surface area contributed by atoms with Gasteiger partial charge in [-0.2, -0.15) is 0 Å². The third-order valence-electron chi connectivity index (χ3n) is 4.64. The van der Waals surface area contributed by atoms with Crippen molar-refractivity contribution in [3.8, 4) is 5.75 Å². The number of hydrogen-bond donors (Lipinski definition) is 2. The molecule has 0 unspecified atom stereocenters. The number of hydrogen-bond acceptors (Lipinski definition) is 3. The van der Waals surface area contributed by atoms with E-state index >= 15 is 0 Å². The summed E-state index contributed by atoms with van der Waals surface area (Å²) in [5.74, 6) is -0.0473. The van der Waals surface area contributed by atoms with Crippen LogP contribution in [0.1, 0.15) is 36.7 Å². The lowest BCUT2D eigenvalue weighted by Crippen LogP contribution is -2.20. The van der Waals surface area contributed by atoms with E-state index in [-0.39, 0.29) is 23.8 Å². The number of carbonyl (C=O) groups excluding carboxylic acids is 2. The molecule has 31 heavy (non-hydrogen) atoms. The Morgan fingerprint density at radius 2 is 1.42 bits per heavy atom. The van der Waals surface area contributed by atoms with Gasteiger partial charge in [0.1, 0.15) is 5.75 Å². The Balaban J connectivity index is 1.53. The van der Waals surface area contributed by atoms with E-state index in [0.29, 0.717) is 27.7 Å². The van der Waals surface area contributed by atoms with Crippen molar-refractivity contribution in [1.29, 1.82) is 0 Å². The van der Waals surface area contributed by atoms with Gasteiger partial charge in [-0.3, -0.25) is 9.59 Å². The Labute approximate surface area is 187 Å². The number of benzene rings is 3. The number of ether oxygens (including phenoxy) is 1. The Hall–Kier alpha value is -3.31. The van der Waals surface area contributed by atoms with E-state index in [1.807, 2.05) is 24.3 Å². The standard InChI is InChI=1S/C25H25ClN2O3/c1-25(2,3)18-10-8-17(9-11-18)24(30)28-20-14-12-19(13-15-20)27-23(29)16-31-22-7-5-4-6-21(22)26/h4-15H,16H2,1-3H3,(H,27,29)(H,28,30). The summed E-state index contributed by atoms with van der Waals surface area (Å²) in [5, 5.41) is 6.05. The average Bonchev–Trinajstić information content (AvgIpc) is 2.74. The number of anilines is 2. The number of para-hydroxylation sites is 1. The number of nitrogens with one attached hydrogen (secondary N) is 2. The minimum absolute atomic E-state index is 0.0354. The molecule has 0 atom stereocenters. The molecule has 5 nitrogen and oxygen atoms in total. The molecular weight excluding hydrogens is 412 g/mol. The monoisotopic (exact) mass is 436 g/mol. The fraction of sp³-hybridized carbons (Fsp3) is 0.200. The van der Waals surface area contributed by atoms with Crippen molar-refractivity contribution in [2.45, 2.75) is 26.2 Å². The maximum absolute atomic E-state index is 12.5. The first-order valence-electron chi connectivity index (χ1n) is 9.91. The highest BCUT2D eigenvalue weighted by Gasteiger charge is 2.14. The second-order valence-corrected chi connectivity index (χ2v) is 8.53. The Morgan fingerprint density at radius 3 is 2.00 bits per heavy atom. The summed E-state index contributed by atoms with van der Waals surface area (Å²) in [5.41, 5.74) is 3.02. The van der Waals surface area contributed by atoms with Gasteiger partial charge in [0.25, 0.3) is 11.8 Å². The zero-order valence-corrected chi connectivity index (χ0v) is 18.5. The molecule has 0 saturated carbocycles. The molecular formula is C25H25ClN2O3. The van der Waals surface area contributed by atoms with Gasteiger partial charge in [-0.05, 0) is 59.5 Å². The van der Waals surface area contributed by atoms with Gasteiger partial charge in [0.05, 0.1) is 5.02 Å². The lowest BCUT2D eigenvalue weighted by atomic mass is 9.87. The van der Waals surface area contributed by atoms with E-state index < -0.39 is 0 Å². The average molecular weight is 437 g/mol. The van der Waals surface area contributed by atoms with Crippen molar-refractivity contribution in [2.75, 3.05) is 17.2 Å². The van der Waals surface area contributed by atoms with E-state index in [4.69, 9.17) is 16.3 Å². The number of halogens is 1. The van der Waals surface area contributed by atoms with Gasteiger partial charge in [-0.15, -0.1) is 0 Å². The Morgan fingerprint density at radius 1 is 0.839 bits per heavy atom. The molecule has 0 radical (unpaired) electrons. The van der Waals surface area contributed by atoms with Crippen molar-refractivity contribution in [2.24, 2.45) is 0 Å². The number of amides is 2. The molecule has 0 aliphatic heterocycles.